The van der Waals surface area contributed by atoms with Crippen molar-refractivity contribution < 1.29 is 19.4 Å². The standard InChI is InChI=1S/C25H29ClN2O4/c1-4-27(5-2)15-8-16-28-22(17-11-13-18(26)14-12-17)21(24(30)25(28)31)23(29)19-9-6-7-10-20(19)32-3/h6-7,9-14,22,29H,4-5,8,15-16H2,1-3H3/b23-21+. The van der Waals surface area contributed by atoms with Crippen molar-refractivity contribution in [3.8, 4) is 5.75 Å². The molecule has 6 nitrogen and oxygen atoms in total. The largest absolute Gasteiger partial charge is 0.507 e. The summed E-state index contributed by atoms with van der Waals surface area (Å²) in [5.41, 5.74) is 1.15. The molecule has 1 aliphatic heterocycles. The number of para-hydroxylation sites is 1. The zero-order valence-electron chi connectivity index (χ0n) is 18.7. The van der Waals surface area contributed by atoms with Crippen molar-refractivity contribution in [2.75, 3.05) is 33.3 Å². The second-order valence-corrected chi connectivity index (χ2v) is 8.06. The third-order valence-corrected chi connectivity index (χ3v) is 6.11. The van der Waals surface area contributed by atoms with E-state index in [1.807, 2.05) is 0 Å². The number of hydrogen-bond donors (Lipinski definition) is 1. The Kier molecular flexibility index (Phi) is 7.94. The van der Waals surface area contributed by atoms with Crippen molar-refractivity contribution in [3.05, 3.63) is 70.3 Å². The van der Waals surface area contributed by atoms with E-state index in [1.54, 1.807) is 53.4 Å². The van der Waals surface area contributed by atoms with Gasteiger partial charge in [0, 0.05) is 11.6 Å². The molecule has 0 bridgehead atoms. The Morgan fingerprint density at radius 2 is 1.75 bits per heavy atom. The minimum atomic E-state index is -0.700. The van der Waals surface area contributed by atoms with Crippen molar-refractivity contribution in [3.63, 3.8) is 0 Å². The van der Waals surface area contributed by atoms with Crippen molar-refractivity contribution >= 4 is 29.1 Å². The maximum atomic E-state index is 13.1. The van der Waals surface area contributed by atoms with Crippen LogP contribution in [0.25, 0.3) is 5.76 Å². The molecule has 0 radical (unpaired) electrons. The highest BCUT2D eigenvalue weighted by atomic mass is 35.5. The SMILES string of the molecule is CCN(CC)CCCN1C(=O)C(=O)/C(=C(/O)c2ccccc2OC)C1c1ccc(Cl)cc1. The minimum Gasteiger partial charge on any atom is -0.507 e. The molecular formula is C25H29ClN2O4. The number of nitrogens with zero attached hydrogens (tertiary/aromatic N) is 2. The molecule has 32 heavy (non-hydrogen) atoms. The number of methoxy groups -OCH3 is 1. The van der Waals surface area contributed by atoms with E-state index in [1.165, 1.54) is 7.11 Å². The first-order valence-corrected chi connectivity index (χ1v) is 11.2. The molecule has 1 N–H and O–H groups in total. The molecular weight excluding hydrogens is 428 g/mol. The van der Waals surface area contributed by atoms with Gasteiger partial charge in [-0.1, -0.05) is 49.7 Å². The summed E-state index contributed by atoms with van der Waals surface area (Å²) in [6.45, 7) is 7.24. The van der Waals surface area contributed by atoms with Crippen LogP contribution in [0.3, 0.4) is 0 Å². The maximum absolute atomic E-state index is 13.1. The number of rotatable bonds is 9. The van der Waals surface area contributed by atoms with E-state index in [-0.39, 0.29) is 11.3 Å². The average molecular weight is 457 g/mol. The molecule has 0 saturated carbocycles. The lowest BCUT2D eigenvalue weighted by molar-refractivity contribution is -0.140. The van der Waals surface area contributed by atoms with Gasteiger partial charge in [-0.25, -0.2) is 0 Å². The zero-order valence-corrected chi connectivity index (χ0v) is 19.4. The van der Waals surface area contributed by atoms with Gasteiger partial charge in [-0.05, 0) is 55.9 Å². The second kappa shape index (κ2) is 10.7. The van der Waals surface area contributed by atoms with Crippen LogP contribution in [0.1, 0.15) is 37.4 Å². The molecule has 3 rings (SSSR count). The van der Waals surface area contributed by atoms with Gasteiger partial charge in [0.05, 0.1) is 24.3 Å². The lowest BCUT2D eigenvalue weighted by atomic mass is 9.95. The Bertz CT molecular complexity index is 999. The molecule has 1 atom stereocenters. The number of halogens is 1. The number of amides is 1. The number of aliphatic hydroxyl groups is 1. The Morgan fingerprint density at radius 1 is 1.09 bits per heavy atom. The number of likely N-dealkylation sites (tertiary alicyclic amines) is 1. The van der Waals surface area contributed by atoms with Crippen molar-refractivity contribution in [2.24, 2.45) is 0 Å². The first-order chi connectivity index (χ1) is 15.4. The highest BCUT2D eigenvalue weighted by Gasteiger charge is 2.46. The Morgan fingerprint density at radius 3 is 2.38 bits per heavy atom. The van der Waals surface area contributed by atoms with Gasteiger partial charge < -0.3 is 19.6 Å². The third-order valence-electron chi connectivity index (χ3n) is 5.86. The molecule has 2 aromatic rings. The van der Waals surface area contributed by atoms with Crippen molar-refractivity contribution in [2.45, 2.75) is 26.3 Å². The minimum absolute atomic E-state index is 0.0599. The van der Waals surface area contributed by atoms with Crippen LogP contribution >= 0.6 is 11.6 Å². The Hall–Kier alpha value is -2.83. The van der Waals surface area contributed by atoms with Gasteiger partial charge in [-0.3, -0.25) is 9.59 Å². The van der Waals surface area contributed by atoms with Crippen LogP contribution in [0.4, 0.5) is 0 Å². The van der Waals surface area contributed by atoms with Crippen LogP contribution in [0.5, 0.6) is 5.75 Å². The van der Waals surface area contributed by atoms with Gasteiger partial charge in [0.15, 0.2) is 0 Å². The normalized spacial score (nSPS) is 17.9. The fraction of sp³-hybridized carbons (Fsp3) is 0.360. The highest BCUT2D eigenvalue weighted by molar-refractivity contribution is 6.46. The summed E-state index contributed by atoms with van der Waals surface area (Å²) in [5, 5.41) is 11.7. The number of aliphatic hydroxyl groups excluding tert-OH is 1. The molecule has 7 heteroatoms. The lowest BCUT2D eigenvalue weighted by Crippen LogP contribution is -2.33. The number of carbonyl (C=O) groups is 2. The summed E-state index contributed by atoms with van der Waals surface area (Å²) in [5.74, 6) is -1.13. The first kappa shape index (κ1) is 23.8. The topological polar surface area (TPSA) is 70.1 Å². The summed E-state index contributed by atoms with van der Waals surface area (Å²) in [7, 11) is 1.49. The molecule has 1 fully saturated rings. The number of ketones is 1. The van der Waals surface area contributed by atoms with Gasteiger partial charge >= 0.3 is 0 Å². The van der Waals surface area contributed by atoms with E-state index >= 15 is 0 Å². The van der Waals surface area contributed by atoms with Crippen LogP contribution in [0.2, 0.25) is 5.02 Å². The van der Waals surface area contributed by atoms with E-state index in [2.05, 4.69) is 18.7 Å². The van der Waals surface area contributed by atoms with Crippen molar-refractivity contribution in [1.82, 2.24) is 9.80 Å². The fourth-order valence-electron chi connectivity index (χ4n) is 4.09. The number of Topliss-reactive ketones (excluding diaryl/α,β-unsaturated/α-hetero) is 1. The van der Waals surface area contributed by atoms with Crippen LogP contribution in [0.15, 0.2) is 54.1 Å². The summed E-state index contributed by atoms with van der Waals surface area (Å²) in [6.07, 6.45) is 0.716. The summed E-state index contributed by atoms with van der Waals surface area (Å²) in [6, 6.07) is 13.2. The van der Waals surface area contributed by atoms with E-state index < -0.39 is 17.7 Å². The second-order valence-electron chi connectivity index (χ2n) is 7.62. The van der Waals surface area contributed by atoms with Crippen LogP contribution in [0, 0.1) is 0 Å². The summed E-state index contributed by atoms with van der Waals surface area (Å²) >= 11 is 6.07. The molecule has 170 valence electrons. The Balaban J connectivity index is 2.06. The van der Waals surface area contributed by atoms with Crippen molar-refractivity contribution in [1.29, 1.82) is 0 Å². The van der Waals surface area contributed by atoms with E-state index in [4.69, 9.17) is 16.3 Å². The molecule has 0 aliphatic carbocycles. The molecule has 1 saturated heterocycles. The van der Waals surface area contributed by atoms with Gasteiger partial charge in [-0.2, -0.15) is 0 Å². The average Bonchev–Trinajstić information content (AvgIpc) is 3.06. The smallest absolute Gasteiger partial charge is 0.295 e. The monoisotopic (exact) mass is 456 g/mol. The fourth-order valence-corrected chi connectivity index (χ4v) is 4.22. The maximum Gasteiger partial charge on any atom is 0.295 e. The molecule has 1 amide bonds. The van der Waals surface area contributed by atoms with Crippen LogP contribution in [-0.2, 0) is 9.59 Å². The third kappa shape index (κ3) is 4.81. The molecule has 1 heterocycles. The number of benzene rings is 2. The number of carbonyl (C=O) groups excluding carboxylic acids is 2. The van der Waals surface area contributed by atoms with Crippen LogP contribution in [-0.4, -0.2) is 59.9 Å². The van der Waals surface area contributed by atoms with Crippen LogP contribution < -0.4 is 4.74 Å². The van der Waals surface area contributed by atoms with Gasteiger partial charge in [-0.15, -0.1) is 0 Å². The van der Waals surface area contributed by atoms with E-state index in [9.17, 15) is 14.7 Å². The molecule has 1 aliphatic rings. The quantitative estimate of drug-likeness (QED) is 0.341. The molecule has 0 spiro atoms. The van der Waals surface area contributed by atoms with Gasteiger partial charge in [0.25, 0.3) is 11.7 Å². The summed E-state index contributed by atoms with van der Waals surface area (Å²) < 4.78 is 5.36. The zero-order chi connectivity index (χ0) is 23.3. The lowest BCUT2D eigenvalue weighted by Gasteiger charge is -2.27. The molecule has 0 aromatic heterocycles. The molecule has 1 unspecified atom stereocenters. The first-order valence-electron chi connectivity index (χ1n) is 10.8. The number of ether oxygens (including phenoxy) is 1. The highest BCUT2D eigenvalue weighted by Crippen LogP contribution is 2.41. The number of hydrogen-bond acceptors (Lipinski definition) is 5. The van der Waals surface area contributed by atoms with Gasteiger partial charge in [0.1, 0.15) is 11.5 Å². The van der Waals surface area contributed by atoms with Gasteiger partial charge in [0.2, 0.25) is 0 Å². The van der Waals surface area contributed by atoms with E-state index in [0.29, 0.717) is 34.9 Å². The predicted molar refractivity (Wildman–Crippen MR) is 126 cm³/mol. The molecule has 2 aromatic carbocycles. The predicted octanol–water partition coefficient (Wildman–Crippen LogP) is 4.50. The van der Waals surface area contributed by atoms with E-state index in [0.717, 1.165) is 19.6 Å². The Labute approximate surface area is 194 Å². The summed E-state index contributed by atoms with van der Waals surface area (Å²) in [4.78, 5) is 30.0.